The maximum absolute atomic E-state index is 12.0. The van der Waals surface area contributed by atoms with Gasteiger partial charge in [0.25, 0.3) is 5.56 Å². The number of fused-ring (bicyclic) bond motifs is 1. The number of benzene rings is 2. The van der Waals surface area contributed by atoms with Crippen molar-refractivity contribution in [2.24, 2.45) is 0 Å². The number of aromatic nitrogens is 2. The molecule has 0 aliphatic rings. The van der Waals surface area contributed by atoms with Crippen LogP contribution in [0.2, 0.25) is 0 Å². The molecule has 110 valence electrons. The lowest BCUT2D eigenvalue weighted by Crippen LogP contribution is -2.12. The smallest absolute Gasteiger partial charge is 0.274 e. The molecule has 0 unspecified atom stereocenters. The van der Waals surface area contributed by atoms with E-state index in [1.165, 1.54) is 6.08 Å². The zero-order valence-corrected chi connectivity index (χ0v) is 11.9. The highest BCUT2D eigenvalue weighted by molar-refractivity contribution is 5.79. The zero-order valence-electron chi connectivity index (χ0n) is 11.9. The van der Waals surface area contributed by atoms with E-state index in [9.17, 15) is 9.90 Å². The molecule has 3 aromatic rings. The predicted octanol–water partition coefficient (Wildman–Crippen LogP) is 2.99. The Morgan fingerprint density at radius 2 is 2.05 bits per heavy atom. The normalized spacial score (nSPS) is 11.6. The van der Waals surface area contributed by atoms with Crippen molar-refractivity contribution in [3.8, 4) is 5.75 Å². The maximum Gasteiger partial charge on any atom is 0.274 e. The number of ether oxygens (including phenoxy) is 1. The molecule has 0 bridgehead atoms. The summed E-state index contributed by atoms with van der Waals surface area (Å²) >= 11 is 0. The number of para-hydroxylation sites is 2. The van der Waals surface area contributed by atoms with Crippen molar-refractivity contribution in [1.29, 1.82) is 0 Å². The summed E-state index contributed by atoms with van der Waals surface area (Å²) in [6, 6.07) is 14.2. The third-order valence-electron chi connectivity index (χ3n) is 3.26. The van der Waals surface area contributed by atoms with E-state index < -0.39 is 0 Å². The molecule has 0 aliphatic heterocycles. The van der Waals surface area contributed by atoms with Gasteiger partial charge in [-0.15, -0.1) is 0 Å². The molecule has 5 nitrogen and oxygen atoms in total. The van der Waals surface area contributed by atoms with E-state index in [1.54, 1.807) is 43.5 Å². The molecule has 0 saturated carbocycles. The van der Waals surface area contributed by atoms with Gasteiger partial charge in [-0.3, -0.25) is 4.79 Å². The first kappa shape index (κ1) is 13.9. The quantitative estimate of drug-likeness (QED) is 0.728. The molecule has 0 aliphatic carbocycles. The number of nitrogens with zero attached hydrogens (tertiary/aromatic N) is 1. The molecular weight excluding hydrogens is 280 g/mol. The molecule has 0 saturated heterocycles. The van der Waals surface area contributed by atoms with Crippen LogP contribution in [-0.4, -0.2) is 22.2 Å². The van der Waals surface area contributed by atoms with Crippen molar-refractivity contribution < 1.29 is 9.84 Å². The number of aliphatic hydroxyl groups excluding tert-OH is 1. The molecule has 0 atom stereocenters. The molecule has 0 radical (unpaired) electrons. The van der Waals surface area contributed by atoms with Crippen LogP contribution in [0.5, 0.6) is 5.75 Å². The summed E-state index contributed by atoms with van der Waals surface area (Å²) in [6.07, 6.45) is 1.35. The third kappa shape index (κ3) is 2.69. The van der Waals surface area contributed by atoms with Gasteiger partial charge in [-0.1, -0.05) is 24.3 Å². The van der Waals surface area contributed by atoms with E-state index in [4.69, 9.17) is 4.74 Å². The first-order chi connectivity index (χ1) is 10.7. The number of nitrogens with one attached hydrogen (secondary N) is 1. The fourth-order valence-electron chi connectivity index (χ4n) is 2.14. The lowest BCUT2D eigenvalue weighted by Gasteiger charge is -2.04. The van der Waals surface area contributed by atoms with Gasteiger partial charge in [-0.05, 0) is 24.3 Å². The average molecular weight is 294 g/mol. The Morgan fingerprint density at radius 1 is 1.23 bits per heavy atom. The summed E-state index contributed by atoms with van der Waals surface area (Å²) in [5, 5.41) is 10.2. The molecule has 0 fully saturated rings. The Labute approximate surface area is 126 Å². The summed E-state index contributed by atoms with van der Waals surface area (Å²) in [6.45, 7) is 0. The Morgan fingerprint density at radius 3 is 2.86 bits per heavy atom. The number of hydrogen-bond acceptors (Lipinski definition) is 4. The standard InChI is InChI=1S/C17H14N2O3/c1-22-12-6-4-5-11(9-12)16(20)10-15-17(21)19-14-8-3-2-7-13(14)18-15/h2-10,20H,1H3,(H,19,21). The van der Waals surface area contributed by atoms with Gasteiger partial charge in [0.2, 0.25) is 0 Å². The number of H-pyrrole nitrogens is 1. The first-order valence-electron chi connectivity index (χ1n) is 6.71. The molecule has 2 N–H and O–H groups in total. The molecular formula is C17H14N2O3. The molecule has 1 heterocycles. The van der Waals surface area contributed by atoms with Crippen LogP contribution in [0.15, 0.2) is 53.3 Å². The second-order valence-electron chi connectivity index (χ2n) is 4.73. The summed E-state index contributed by atoms with van der Waals surface area (Å²) in [4.78, 5) is 19.0. The molecule has 2 aromatic carbocycles. The van der Waals surface area contributed by atoms with Crippen LogP contribution in [0, 0.1) is 0 Å². The van der Waals surface area contributed by atoms with Crippen molar-refractivity contribution >= 4 is 22.9 Å². The van der Waals surface area contributed by atoms with Crippen molar-refractivity contribution in [1.82, 2.24) is 9.97 Å². The van der Waals surface area contributed by atoms with Crippen LogP contribution >= 0.6 is 0 Å². The fraction of sp³-hybridized carbons (Fsp3) is 0.0588. The highest BCUT2D eigenvalue weighted by Crippen LogP contribution is 2.19. The second kappa shape index (κ2) is 5.73. The van der Waals surface area contributed by atoms with E-state index in [2.05, 4.69) is 9.97 Å². The lowest BCUT2D eigenvalue weighted by molar-refractivity contribution is 0.414. The third-order valence-corrected chi connectivity index (χ3v) is 3.26. The molecule has 0 amide bonds. The number of aromatic amines is 1. The fourth-order valence-corrected chi connectivity index (χ4v) is 2.14. The van der Waals surface area contributed by atoms with Gasteiger partial charge in [0.1, 0.15) is 17.2 Å². The van der Waals surface area contributed by atoms with Gasteiger partial charge in [-0.25, -0.2) is 4.98 Å². The largest absolute Gasteiger partial charge is 0.507 e. The SMILES string of the molecule is COc1cccc(C(O)=Cc2nc3ccccc3[nH]c2=O)c1. The van der Waals surface area contributed by atoms with Crippen LogP contribution in [-0.2, 0) is 0 Å². The Balaban J connectivity index is 2.07. The van der Waals surface area contributed by atoms with E-state index in [0.29, 0.717) is 22.3 Å². The van der Waals surface area contributed by atoms with E-state index in [-0.39, 0.29) is 17.0 Å². The minimum atomic E-state index is -0.354. The highest BCUT2D eigenvalue weighted by Gasteiger charge is 2.06. The monoisotopic (exact) mass is 294 g/mol. The van der Waals surface area contributed by atoms with E-state index in [0.717, 1.165) is 0 Å². The van der Waals surface area contributed by atoms with Gasteiger partial charge in [0.15, 0.2) is 0 Å². The van der Waals surface area contributed by atoms with Crippen LogP contribution in [0.3, 0.4) is 0 Å². The van der Waals surface area contributed by atoms with Gasteiger partial charge in [-0.2, -0.15) is 0 Å². The Bertz CT molecular complexity index is 913. The summed E-state index contributed by atoms with van der Waals surface area (Å²) in [5.74, 6) is 0.574. The molecule has 5 heteroatoms. The van der Waals surface area contributed by atoms with E-state index in [1.807, 2.05) is 12.1 Å². The van der Waals surface area contributed by atoms with Crippen LogP contribution in [0.1, 0.15) is 11.3 Å². The van der Waals surface area contributed by atoms with Gasteiger partial charge in [0.05, 0.1) is 18.1 Å². The van der Waals surface area contributed by atoms with Crippen LogP contribution in [0.4, 0.5) is 0 Å². The summed E-state index contributed by atoms with van der Waals surface area (Å²) in [7, 11) is 1.55. The molecule has 1 aromatic heterocycles. The van der Waals surface area contributed by atoms with Gasteiger partial charge >= 0.3 is 0 Å². The van der Waals surface area contributed by atoms with Gasteiger partial charge < -0.3 is 14.8 Å². The first-order valence-corrected chi connectivity index (χ1v) is 6.71. The van der Waals surface area contributed by atoms with Crippen LogP contribution < -0.4 is 10.3 Å². The molecule has 22 heavy (non-hydrogen) atoms. The zero-order chi connectivity index (χ0) is 15.5. The summed E-state index contributed by atoms with van der Waals surface area (Å²) < 4.78 is 5.11. The highest BCUT2D eigenvalue weighted by atomic mass is 16.5. The Kier molecular flexibility index (Phi) is 3.62. The topological polar surface area (TPSA) is 75.2 Å². The van der Waals surface area contributed by atoms with Crippen molar-refractivity contribution in [3.63, 3.8) is 0 Å². The maximum atomic E-state index is 12.0. The van der Waals surface area contributed by atoms with Gasteiger partial charge in [0, 0.05) is 11.6 Å². The van der Waals surface area contributed by atoms with Crippen LogP contribution in [0.25, 0.3) is 22.9 Å². The summed E-state index contributed by atoms with van der Waals surface area (Å²) in [5.41, 5.74) is 1.66. The number of aliphatic hydroxyl groups is 1. The number of hydrogen-bond donors (Lipinski definition) is 2. The predicted molar refractivity (Wildman–Crippen MR) is 85.9 cm³/mol. The minimum absolute atomic E-state index is 0.0489. The molecule has 0 spiro atoms. The van der Waals surface area contributed by atoms with E-state index >= 15 is 0 Å². The molecule has 3 rings (SSSR count). The number of rotatable bonds is 3. The van der Waals surface area contributed by atoms with Crippen molar-refractivity contribution in [2.75, 3.05) is 7.11 Å². The Hall–Kier alpha value is -3.08. The number of methoxy groups -OCH3 is 1. The lowest BCUT2D eigenvalue weighted by atomic mass is 10.1. The minimum Gasteiger partial charge on any atom is -0.507 e. The van der Waals surface area contributed by atoms with Crippen molar-refractivity contribution in [2.45, 2.75) is 0 Å². The second-order valence-corrected chi connectivity index (χ2v) is 4.73. The van der Waals surface area contributed by atoms with Crippen molar-refractivity contribution in [3.05, 3.63) is 70.1 Å². The average Bonchev–Trinajstić information content (AvgIpc) is 2.55.